The lowest BCUT2D eigenvalue weighted by Gasteiger charge is -2.31. The lowest BCUT2D eigenvalue weighted by molar-refractivity contribution is -0.146. The number of carbonyl (C=O) groups excluding carboxylic acids is 1. The number of hydrogen-bond acceptors (Lipinski definition) is 4. The van der Waals surface area contributed by atoms with E-state index in [1.165, 1.54) is 11.1 Å². The smallest absolute Gasteiger partial charge is 0.324 e. The van der Waals surface area contributed by atoms with Crippen molar-refractivity contribution in [3.05, 3.63) is 35.4 Å². The first kappa shape index (κ1) is 14.0. The van der Waals surface area contributed by atoms with E-state index in [1.54, 1.807) is 7.05 Å². The summed E-state index contributed by atoms with van der Waals surface area (Å²) in [5.41, 5.74) is 2.79. The highest BCUT2D eigenvalue weighted by Crippen LogP contribution is 2.18. The fourth-order valence-corrected chi connectivity index (χ4v) is 2.49. The molecule has 4 heteroatoms. The van der Waals surface area contributed by atoms with Gasteiger partial charge in [0, 0.05) is 19.6 Å². The largest absolute Gasteiger partial charge is 0.465 e. The van der Waals surface area contributed by atoms with Crippen LogP contribution in [0.3, 0.4) is 0 Å². The molecule has 0 saturated carbocycles. The predicted molar refractivity (Wildman–Crippen MR) is 74.9 cm³/mol. The van der Waals surface area contributed by atoms with Crippen LogP contribution in [0.5, 0.6) is 0 Å². The predicted octanol–water partition coefficient (Wildman–Crippen LogP) is 1.20. The molecule has 1 heterocycles. The summed E-state index contributed by atoms with van der Waals surface area (Å²) in [6.45, 7) is 4.87. The minimum atomic E-state index is -0.245. The van der Waals surface area contributed by atoms with Crippen LogP contribution in [-0.4, -0.2) is 43.7 Å². The Bertz CT molecular complexity index is 434. The van der Waals surface area contributed by atoms with Crippen LogP contribution < -0.4 is 5.32 Å². The van der Waals surface area contributed by atoms with Crippen LogP contribution >= 0.6 is 0 Å². The van der Waals surface area contributed by atoms with Crippen molar-refractivity contribution >= 4 is 5.97 Å². The van der Waals surface area contributed by atoms with Gasteiger partial charge in [0.2, 0.25) is 0 Å². The zero-order chi connectivity index (χ0) is 13.7. The first-order valence-electron chi connectivity index (χ1n) is 6.87. The molecule has 1 unspecified atom stereocenters. The molecule has 0 aromatic heterocycles. The number of nitrogens with one attached hydrogen (secondary N) is 1. The number of esters is 1. The molecular weight excluding hydrogens is 240 g/mol. The third-order valence-electron chi connectivity index (χ3n) is 3.57. The zero-order valence-corrected chi connectivity index (χ0v) is 11.7. The van der Waals surface area contributed by atoms with Gasteiger partial charge < -0.3 is 10.1 Å². The number of carbonyl (C=O) groups is 1. The molecule has 1 atom stereocenters. The number of rotatable bonds is 5. The van der Waals surface area contributed by atoms with Crippen molar-refractivity contribution in [2.24, 2.45) is 0 Å². The van der Waals surface area contributed by atoms with Crippen LogP contribution in [0.1, 0.15) is 18.1 Å². The molecule has 0 fully saturated rings. The van der Waals surface area contributed by atoms with Crippen molar-refractivity contribution in [3.8, 4) is 0 Å². The molecule has 0 amide bonds. The topological polar surface area (TPSA) is 41.6 Å². The van der Waals surface area contributed by atoms with E-state index in [2.05, 4.69) is 34.5 Å². The molecule has 0 spiro atoms. The van der Waals surface area contributed by atoms with Crippen molar-refractivity contribution in [1.29, 1.82) is 0 Å². The van der Waals surface area contributed by atoms with Crippen molar-refractivity contribution in [2.45, 2.75) is 25.9 Å². The summed E-state index contributed by atoms with van der Waals surface area (Å²) in [7, 11) is 1.81. The lowest BCUT2D eigenvalue weighted by atomic mass is 9.99. The summed E-state index contributed by atoms with van der Waals surface area (Å²) in [5, 5.41) is 3.04. The van der Waals surface area contributed by atoms with Crippen LogP contribution in [0.25, 0.3) is 0 Å². The number of ether oxygens (including phenoxy) is 1. The molecule has 4 nitrogen and oxygen atoms in total. The fraction of sp³-hybridized carbons (Fsp3) is 0.533. The second-order valence-corrected chi connectivity index (χ2v) is 4.85. The molecule has 104 valence electrons. The highest BCUT2D eigenvalue weighted by Gasteiger charge is 2.23. The molecule has 1 N–H and O–H groups in total. The normalized spacial score (nSPS) is 16.7. The number of hydrogen-bond donors (Lipinski definition) is 1. The number of fused-ring (bicyclic) bond motifs is 1. The van der Waals surface area contributed by atoms with Gasteiger partial charge in [-0.3, -0.25) is 9.69 Å². The van der Waals surface area contributed by atoms with E-state index in [1.807, 2.05) is 6.92 Å². The van der Waals surface area contributed by atoms with Crippen LogP contribution in [-0.2, 0) is 22.5 Å². The summed E-state index contributed by atoms with van der Waals surface area (Å²) >= 11 is 0. The average Bonchev–Trinajstić information content (AvgIpc) is 2.44. The van der Waals surface area contributed by atoms with Crippen molar-refractivity contribution < 1.29 is 9.53 Å². The maximum Gasteiger partial charge on any atom is 0.324 e. The van der Waals surface area contributed by atoms with Gasteiger partial charge in [-0.15, -0.1) is 0 Å². The molecule has 0 bridgehead atoms. The Kier molecular flexibility index (Phi) is 4.93. The Morgan fingerprint density at radius 2 is 2.16 bits per heavy atom. The third-order valence-corrected chi connectivity index (χ3v) is 3.57. The molecule has 19 heavy (non-hydrogen) atoms. The van der Waals surface area contributed by atoms with Crippen LogP contribution in [0.15, 0.2) is 24.3 Å². The molecule has 1 aromatic carbocycles. The molecule has 2 rings (SSSR count). The van der Waals surface area contributed by atoms with Crippen molar-refractivity contribution in [1.82, 2.24) is 10.2 Å². The second-order valence-electron chi connectivity index (χ2n) is 4.85. The van der Waals surface area contributed by atoms with Gasteiger partial charge in [-0.05, 0) is 31.5 Å². The number of benzene rings is 1. The SMILES string of the molecule is CCOC(=O)C(CN1CCc2ccccc2C1)NC. The molecule has 0 radical (unpaired) electrons. The number of likely N-dealkylation sites (N-methyl/N-ethyl adjacent to an activating group) is 1. The fourth-order valence-electron chi connectivity index (χ4n) is 2.49. The highest BCUT2D eigenvalue weighted by atomic mass is 16.5. The monoisotopic (exact) mass is 262 g/mol. The van der Waals surface area contributed by atoms with E-state index >= 15 is 0 Å². The summed E-state index contributed by atoms with van der Waals surface area (Å²) in [6.07, 6.45) is 1.05. The minimum Gasteiger partial charge on any atom is -0.465 e. The summed E-state index contributed by atoms with van der Waals surface area (Å²) < 4.78 is 5.08. The van der Waals surface area contributed by atoms with E-state index in [4.69, 9.17) is 4.74 Å². The number of nitrogens with zero attached hydrogens (tertiary/aromatic N) is 1. The van der Waals surface area contributed by atoms with Gasteiger partial charge in [-0.25, -0.2) is 0 Å². The summed E-state index contributed by atoms with van der Waals surface area (Å²) in [4.78, 5) is 14.1. The molecule has 1 aliphatic rings. The molecule has 1 aliphatic heterocycles. The summed E-state index contributed by atoms with van der Waals surface area (Å²) in [6, 6.07) is 8.27. The lowest BCUT2D eigenvalue weighted by Crippen LogP contribution is -2.46. The van der Waals surface area contributed by atoms with Gasteiger partial charge in [-0.1, -0.05) is 24.3 Å². The van der Waals surface area contributed by atoms with E-state index < -0.39 is 0 Å². The van der Waals surface area contributed by atoms with Crippen LogP contribution in [0.2, 0.25) is 0 Å². The molecule has 0 saturated heterocycles. The van der Waals surface area contributed by atoms with Gasteiger partial charge in [0.05, 0.1) is 6.61 Å². The molecule has 1 aromatic rings. The van der Waals surface area contributed by atoms with Crippen LogP contribution in [0.4, 0.5) is 0 Å². The Morgan fingerprint density at radius 3 is 2.84 bits per heavy atom. The Balaban J connectivity index is 1.95. The Hall–Kier alpha value is -1.39. The van der Waals surface area contributed by atoms with E-state index in [9.17, 15) is 4.79 Å². The second kappa shape index (κ2) is 6.68. The van der Waals surface area contributed by atoms with Crippen molar-refractivity contribution in [2.75, 3.05) is 26.7 Å². The van der Waals surface area contributed by atoms with Gasteiger partial charge in [0.25, 0.3) is 0 Å². The van der Waals surface area contributed by atoms with Gasteiger partial charge >= 0.3 is 5.97 Å². The van der Waals surface area contributed by atoms with E-state index in [-0.39, 0.29) is 12.0 Å². The minimum absolute atomic E-state index is 0.163. The average molecular weight is 262 g/mol. The molecule has 0 aliphatic carbocycles. The Labute approximate surface area is 114 Å². The molecular formula is C15H22N2O2. The van der Waals surface area contributed by atoms with Gasteiger partial charge in [-0.2, -0.15) is 0 Å². The van der Waals surface area contributed by atoms with Crippen molar-refractivity contribution in [3.63, 3.8) is 0 Å². The maximum absolute atomic E-state index is 11.8. The Morgan fingerprint density at radius 1 is 1.42 bits per heavy atom. The standard InChI is InChI=1S/C15H22N2O2/c1-3-19-15(18)14(16-2)11-17-9-8-12-6-4-5-7-13(12)10-17/h4-7,14,16H,3,8-11H2,1-2H3. The van der Waals surface area contributed by atoms with E-state index in [0.717, 1.165) is 19.5 Å². The van der Waals surface area contributed by atoms with Gasteiger partial charge in [0.1, 0.15) is 6.04 Å². The maximum atomic E-state index is 11.8. The highest BCUT2D eigenvalue weighted by molar-refractivity contribution is 5.76. The van der Waals surface area contributed by atoms with Gasteiger partial charge in [0.15, 0.2) is 0 Å². The quantitative estimate of drug-likeness (QED) is 0.810. The summed E-state index contributed by atoms with van der Waals surface area (Å²) in [5.74, 6) is -0.163. The third kappa shape index (κ3) is 3.55. The zero-order valence-electron chi connectivity index (χ0n) is 11.7. The van der Waals surface area contributed by atoms with Crippen LogP contribution in [0, 0.1) is 0 Å². The first-order valence-corrected chi connectivity index (χ1v) is 6.87. The first-order chi connectivity index (χ1) is 9.24. The van der Waals surface area contributed by atoms with E-state index in [0.29, 0.717) is 13.2 Å².